The largest absolute Gasteiger partial charge is 0.382 e. The fourth-order valence-electron chi connectivity index (χ4n) is 2.34. The summed E-state index contributed by atoms with van der Waals surface area (Å²) in [5.74, 6) is 0. The lowest BCUT2D eigenvalue weighted by atomic mass is 10.0. The van der Waals surface area contributed by atoms with Crippen LogP contribution in [-0.4, -0.2) is 36.0 Å². The van der Waals surface area contributed by atoms with Gasteiger partial charge in [0.05, 0.1) is 4.92 Å². The molecule has 5 heteroatoms. The number of benzene rings is 1. The fraction of sp³-hybridized carbons (Fsp3) is 0.538. The van der Waals surface area contributed by atoms with E-state index in [-0.39, 0.29) is 10.6 Å². The first kappa shape index (κ1) is 12.8. The van der Waals surface area contributed by atoms with E-state index in [0.29, 0.717) is 6.04 Å². The Balaban J connectivity index is 2.07. The molecule has 1 aliphatic rings. The third kappa shape index (κ3) is 3.20. The zero-order valence-corrected chi connectivity index (χ0v) is 10.8. The molecule has 5 nitrogen and oxygen atoms in total. The number of hydrogen-bond donors (Lipinski definition) is 1. The number of piperidine rings is 1. The summed E-state index contributed by atoms with van der Waals surface area (Å²) in [6.45, 7) is 4.03. The maximum Gasteiger partial charge on any atom is 0.271 e. The zero-order valence-electron chi connectivity index (χ0n) is 10.8. The molecule has 2 rings (SSSR count). The van der Waals surface area contributed by atoms with Gasteiger partial charge in [-0.2, -0.15) is 0 Å². The number of nitrogens with one attached hydrogen (secondary N) is 1. The first-order valence-electron chi connectivity index (χ1n) is 6.26. The molecule has 1 heterocycles. The highest BCUT2D eigenvalue weighted by molar-refractivity contribution is 5.54. The van der Waals surface area contributed by atoms with Gasteiger partial charge in [-0.25, -0.2) is 0 Å². The van der Waals surface area contributed by atoms with Crippen molar-refractivity contribution in [2.45, 2.75) is 25.8 Å². The van der Waals surface area contributed by atoms with Crippen molar-refractivity contribution in [3.63, 3.8) is 0 Å². The second-order valence-electron chi connectivity index (χ2n) is 5.04. The lowest BCUT2D eigenvalue weighted by molar-refractivity contribution is -0.384. The SMILES string of the molecule is Cc1cc(NC2CCN(C)CC2)cc([N+](=O)[O-])c1. The molecule has 1 fully saturated rings. The van der Waals surface area contributed by atoms with Crippen LogP contribution < -0.4 is 5.32 Å². The summed E-state index contributed by atoms with van der Waals surface area (Å²) in [7, 11) is 2.12. The molecule has 1 aromatic carbocycles. The predicted molar refractivity (Wildman–Crippen MR) is 72.0 cm³/mol. The lowest BCUT2D eigenvalue weighted by Crippen LogP contribution is -2.36. The molecule has 0 bridgehead atoms. The van der Waals surface area contributed by atoms with Crippen molar-refractivity contribution in [3.05, 3.63) is 33.9 Å². The van der Waals surface area contributed by atoms with Crippen molar-refractivity contribution < 1.29 is 4.92 Å². The molecule has 0 radical (unpaired) electrons. The molecule has 0 amide bonds. The summed E-state index contributed by atoms with van der Waals surface area (Å²) in [5.41, 5.74) is 1.93. The molecule has 98 valence electrons. The number of nitro groups is 1. The number of nitrogens with zero attached hydrogens (tertiary/aromatic N) is 2. The summed E-state index contributed by atoms with van der Waals surface area (Å²) in [6.07, 6.45) is 2.16. The first-order valence-corrected chi connectivity index (χ1v) is 6.26. The van der Waals surface area contributed by atoms with Gasteiger partial charge in [-0.15, -0.1) is 0 Å². The van der Waals surface area contributed by atoms with Crippen molar-refractivity contribution in [1.29, 1.82) is 0 Å². The Bertz CT molecular complexity index is 440. The average molecular weight is 249 g/mol. The Morgan fingerprint density at radius 3 is 2.61 bits per heavy atom. The van der Waals surface area contributed by atoms with Crippen molar-refractivity contribution >= 4 is 11.4 Å². The van der Waals surface area contributed by atoms with Crippen molar-refractivity contribution in [1.82, 2.24) is 4.90 Å². The van der Waals surface area contributed by atoms with E-state index >= 15 is 0 Å². The third-order valence-electron chi connectivity index (χ3n) is 3.36. The summed E-state index contributed by atoms with van der Waals surface area (Å²) in [5, 5.41) is 14.2. The van der Waals surface area contributed by atoms with E-state index in [0.717, 1.165) is 37.2 Å². The molecule has 0 atom stereocenters. The van der Waals surface area contributed by atoms with E-state index in [2.05, 4.69) is 17.3 Å². The van der Waals surface area contributed by atoms with Gasteiger partial charge in [-0.1, -0.05) is 0 Å². The molecular weight excluding hydrogens is 230 g/mol. The van der Waals surface area contributed by atoms with Gasteiger partial charge in [0, 0.05) is 23.9 Å². The van der Waals surface area contributed by atoms with Gasteiger partial charge in [0.1, 0.15) is 0 Å². The Kier molecular flexibility index (Phi) is 3.81. The van der Waals surface area contributed by atoms with E-state index in [1.165, 1.54) is 0 Å². The van der Waals surface area contributed by atoms with Crippen LogP contribution in [0.4, 0.5) is 11.4 Å². The fourth-order valence-corrected chi connectivity index (χ4v) is 2.34. The third-order valence-corrected chi connectivity index (χ3v) is 3.36. The molecule has 1 saturated heterocycles. The molecule has 1 aromatic rings. The molecule has 0 aromatic heterocycles. The normalized spacial score (nSPS) is 17.7. The van der Waals surface area contributed by atoms with Crippen molar-refractivity contribution in [2.24, 2.45) is 0 Å². The predicted octanol–water partition coefficient (Wildman–Crippen LogP) is 2.41. The Labute approximate surface area is 107 Å². The van der Waals surface area contributed by atoms with E-state index in [4.69, 9.17) is 0 Å². The topological polar surface area (TPSA) is 58.4 Å². The highest BCUT2D eigenvalue weighted by atomic mass is 16.6. The number of anilines is 1. The van der Waals surface area contributed by atoms with Crippen LogP contribution in [0.25, 0.3) is 0 Å². The number of aryl methyl sites for hydroxylation is 1. The molecule has 18 heavy (non-hydrogen) atoms. The van der Waals surface area contributed by atoms with Crippen molar-refractivity contribution in [3.8, 4) is 0 Å². The van der Waals surface area contributed by atoms with Crippen LogP contribution in [0, 0.1) is 17.0 Å². The minimum absolute atomic E-state index is 0.158. The van der Waals surface area contributed by atoms with E-state index in [1.807, 2.05) is 13.0 Å². The molecule has 0 unspecified atom stereocenters. The van der Waals surface area contributed by atoms with Gasteiger partial charge in [-0.05, 0) is 51.5 Å². The summed E-state index contributed by atoms with van der Waals surface area (Å²) in [6, 6.07) is 5.60. The Hall–Kier alpha value is -1.62. The smallest absolute Gasteiger partial charge is 0.271 e. The van der Waals surface area contributed by atoms with E-state index < -0.39 is 0 Å². The lowest BCUT2D eigenvalue weighted by Gasteiger charge is -2.30. The second kappa shape index (κ2) is 5.35. The monoisotopic (exact) mass is 249 g/mol. The van der Waals surface area contributed by atoms with Gasteiger partial charge in [0.15, 0.2) is 0 Å². The second-order valence-corrected chi connectivity index (χ2v) is 5.04. The Morgan fingerprint density at radius 1 is 1.33 bits per heavy atom. The van der Waals surface area contributed by atoms with Gasteiger partial charge in [-0.3, -0.25) is 10.1 Å². The summed E-state index contributed by atoms with van der Waals surface area (Å²) < 4.78 is 0. The average Bonchev–Trinajstić information content (AvgIpc) is 2.31. The molecule has 1 aliphatic heterocycles. The van der Waals surface area contributed by atoms with Gasteiger partial charge in [0.25, 0.3) is 5.69 Å². The first-order chi connectivity index (χ1) is 8.54. The summed E-state index contributed by atoms with van der Waals surface area (Å²) >= 11 is 0. The maximum absolute atomic E-state index is 10.8. The number of likely N-dealkylation sites (tertiary alicyclic amines) is 1. The van der Waals surface area contributed by atoms with E-state index in [9.17, 15) is 10.1 Å². The van der Waals surface area contributed by atoms with Crippen LogP contribution in [0.5, 0.6) is 0 Å². The van der Waals surface area contributed by atoms with Crippen LogP contribution in [0.15, 0.2) is 18.2 Å². The minimum atomic E-state index is -0.340. The van der Waals surface area contributed by atoms with Gasteiger partial charge < -0.3 is 10.2 Å². The molecule has 0 saturated carbocycles. The maximum atomic E-state index is 10.8. The molecule has 0 spiro atoms. The zero-order chi connectivity index (χ0) is 13.1. The van der Waals surface area contributed by atoms with Crippen LogP contribution in [-0.2, 0) is 0 Å². The summed E-state index contributed by atoms with van der Waals surface area (Å²) in [4.78, 5) is 12.8. The number of rotatable bonds is 3. The highest BCUT2D eigenvalue weighted by Gasteiger charge is 2.17. The molecule has 1 N–H and O–H groups in total. The minimum Gasteiger partial charge on any atom is -0.382 e. The number of non-ortho nitro benzene ring substituents is 1. The number of nitro benzene ring substituents is 1. The van der Waals surface area contributed by atoms with Crippen LogP contribution >= 0.6 is 0 Å². The standard InChI is InChI=1S/C13H19N3O2/c1-10-7-12(9-13(8-10)16(17)18)14-11-3-5-15(2)6-4-11/h7-9,11,14H,3-6H2,1-2H3. The molecular formula is C13H19N3O2. The van der Waals surface area contributed by atoms with Crippen LogP contribution in [0.2, 0.25) is 0 Å². The van der Waals surface area contributed by atoms with E-state index in [1.54, 1.807) is 12.1 Å². The van der Waals surface area contributed by atoms with Crippen LogP contribution in [0.3, 0.4) is 0 Å². The van der Waals surface area contributed by atoms with Crippen molar-refractivity contribution in [2.75, 3.05) is 25.5 Å². The Morgan fingerprint density at radius 2 is 2.00 bits per heavy atom. The van der Waals surface area contributed by atoms with Crippen LogP contribution in [0.1, 0.15) is 18.4 Å². The van der Waals surface area contributed by atoms with Gasteiger partial charge in [0.2, 0.25) is 0 Å². The number of hydrogen-bond acceptors (Lipinski definition) is 4. The molecule has 0 aliphatic carbocycles. The van der Waals surface area contributed by atoms with Gasteiger partial charge >= 0.3 is 0 Å². The quantitative estimate of drug-likeness (QED) is 0.660. The highest BCUT2D eigenvalue weighted by Crippen LogP contribution is 2.23.